The van der Waals surface area contributed by atoms with E-state index in [2.05, 4.69) is 59.9 Å². The normalized spacial score (nSPS) is 20.5. The minimum Gasteiger partial charge on any atom is -0.359 e. The Balaban J connectivity index is 1.86. The summed E-state index contributed by atoms with van der Waals surface area (Å²) in [6.07, 6.45) is 2.38. The Hall–Kier alpha value is -1.76. The van der Waals surface area contributed by atoms with Crippen molar-refractivity contribution >= 4 is 5.69 Å². The predicted molar refractivity (Wildman–Crippen MR) is 65.2 cm³/mol. The van der Waals surface area contributed by atoms with Gasteiger partial charge in [-0.05, 0) is 22.8 Å². The van der Waals surface area contributed by atoms with Gasteiger partial charge in [-0.3, -0.25) is 0 Å². The van der Waals surface area contributed by atoms with Crippen molar-refractivity contribution in [2.24, 2.45) is 0 Å². The van der Waals surface area contributed by atoms with Crippen LogP contribution in [0.4, 0.5) is 5.69 Å². The fourth-order valence-electron chi connectivity index (χ4n) is 2.89. The van der Waals surface area contributed by atoms with Gasteiger partial charge in [0.15, 0.2) is 0 Å². The topological polar surface area (TPSA) is 3.24 Å². The fraction of sp³-hybridized carbons (Fsp3) is 0.133. The van der Waals surface area contributed by atoms with Crippen molar-refractivity contribution in [1.82, 2.24) is 0 Å². The molecular formula is C15H12N. The molecule has 2 aromatic carbocycles. The van der Waals surface area contributed by atoms with E-state index in [0.717, 1.165) is 6.54 Å². The molecule has 77 valence electrons. The van der Waals surface area contributed by atoms with Gasteiger partial charge in [-0.15, -0.1) is 0 Å². The molecule has 1 nitrogen and oxygen atoms in total. The van der Waals surface area contributed by atoms with Gasteiger partial charge in [0.05, 0.1) is 6.04 Å². The van der Waals surface area contributed by atoms with Gasteiger partial charge in [-0.2, -0.15) is 0 Å². The zero-order valence-electron chi connectivity index (χ0n) is 8.93. The number of anilines is 1. The molecule has 0 spiro atoms. The third-order valence-corrected chi connectivity index (χ3v) is 3.63. The van der Waals surface area contributed by atoms with Crippen molar-refractivity contribution in [3.63, 3.8) is 0 Å². The lowest BCUT2D eigenvalue weighted by atomic mass is 10.0. The molecule has 2 heterocycles. The maximum atomic E-state index is 2.49. The number of hydrogen-bond donors (Lipinski definition) is 0. The first kappa shape index (κ1) is 8.40. The Kier molecular flexibility index (Phi) is 1.51. The lowest BCUT2D eigenvalue weighted by Crippen LogP contribution is -2.15. The van der Waals surface area contributed by atoms with Gasteiger partial charge in [0.1, 0.15) is 0 Å². The molecule has 0 aliphatic carbocycles. The highest BCUT2D eigenvalue weighted by atomic mass is 15.2. The molecule has 1 atom stereocenters. The Morgan fingerprint density at radius 1 is 0.938 bits per heavy atom. The van der Waals surface area contributed by atoms with Crippen LogP contribution in [-0.4, -0.2) is 0 Å². The summed E-state index contributed by atoms with van der Waals surface area (Å²) in [5.41, 5.74) is 5.70. The Labute approximate surface area is 95.3 Å². The molecule has 0 fully saturated rings. The lowest BCUT2D eigenvalue weighted by molar-refractivity contribution is 0.800. The summed E-state index contributed by atoms with van der Waals surface area (Å²) < 4.78 is 0. The summed E-state index contributed by atoms with van der Waals surface area (Å²) in [7, 11) is 0. The van der Waals surface area contributed by atoms with Crippen LogP contribution in [0.1, 0.15) is 22.7 Å². The van der Waals surface area contributed by atoms with Crippen LogP contribution in [0.25, 0.3) is 0 Å². The van der Waals surface area contributed by atoms with Crippen LogP contribution in [0.15, 0.2) is 48.5 Å². The molecule has 0 aromatic heterocycles. The highest BCUT2D eigenvalue weighted by Crippen LogP contribution is 2.47. The summed E-state index contributed by atoms with van der Waals surface area (Å²) in [6.45, 7) is 1.05. The van der Waals surface area contributed by atoms with Crippen LogP contribution in [0, 0.1) is 6.42 Å². The van der Waals surface area contributed by atoms with E-state index in [1.807, 2.05) is 0 Å². The average Bonchev–Trinajstić information content (AvgIpc) is 2.85. The van der Waals surface area contributed by atoms with E-state index in [0.29, 0.717) is 6.04 Å². The van der Waals surface area contributed by atoms with Gasteiger partial charge in [-0.25, -0.2) is 0 Å². The maximum absolute atomic E-state index is 2.49. The van der Waals surface area contributed by atoms with Gasteiger partial charge < -0.3 is 4.90 Å². The van der Waals surface area contributed by atoms with Gasteiger partial charge in [-0.1, -0.05) is 42.5 Å². The van der Waals surface area contributed by atoms with Crippen LogP contribution in [0.5, 0.6) is 0 Å². The van der Waals surface area contributed by atoms with Crippen molar-refractivity contribution in [3.05, 3.63) is 71.6 Å². The fourth-order valence-corrected chi connectivity index (χ4v) is 2.89. The maximum Gasteiger partial charge on any atom is 0.0625 e. The standard InChI is InChI=1S/C15H12N/c1-3-7-13-12(6-1)10-16-14-8-4-2-5-11(14)9-15(13)16/h1-9,15H,10H2. The molecule has 0 N–H and O–H groups in total. The zero-order valence-corrected chi connectivity index (χ0v) is 8.93. The van der Waals surface area contributed by atoms with Crippen molar-refractivity contribution in [2.75, 3.05) is 4.90 Å². The van der Waals surface area contributed by atoms with E-state index < -0.39 is 0 Å². The minimum absolute atomic E-state index is 0.466. The number of para-hydroxylation sites is 1. The molecule has 1 radical (unpaired) electrons. The van der Waals surface area contributed by atoms with E-state index in [1.54, 1.807) is 0 Å². The summed E-state index contributed by atoms with van der Waals surface area (Å²) in [6, 6.07) is 17.9. The largest absolute Gasteiger partial charge is 0.359 e. The summed E-state index contributed by atoms with van der Waals surface area (Å²) in [5, 5.41) is 0. The van der Waals surface area contributed by atoms with Crippen molar-refractivity contribution < 1.29 is 0 Å². The molecule has 2 aliphatic heterocycles. The molecule has 2 aromatic rings. The monoisotopic (exact) mass is 206 g/mol. The van der Waals surface area contributed by atoms with E-state index in [-0.39, 0.29) is 0 Å². The molecule has 4 rings (SSSR count). The van der Waals surface area contributed by atoms with Crippen molar-refractivity contribution in [1.29, 1.82) is 0 Å². The first-order chi connectivity index (χ1) is 7.93. The number of rotatable bonds is 0. The Morgan fingerprint density at radius 3 is 2.75 bits per heavy atom. The molecule has 0 amide bonds. The van der Waals surface area contributed by atoms with Crippen LogP contribution in [0.2, 0.25) is 0 Å². The van der Waals surface area contributed by atoms with Crippen LogP contribution in [0.3, 0.4) is 0 Å². The molecule has 1 unspecified atom stereocenters. The third-order valence-electron chi connectivity index (χ3n) is 3.63. The van der Waals surface area contributed by atoms with E-state index in [4.69, 9.17) is 0 Å². The molecule has 0 saturated carbocycles. The van der Waals surface area contributed by atoms with E-state index in [9.17, 15) is 0 Å². The summed E-state index contributed by atoms with van der Waals surface area (Å²) >= 11 is 0. The number of fused-ring (bicyclic) bond motifs is 5. The first-order valence-corrected chi connectivity index (χ1v) is 5.72. The van der Waals surface area contributed by atoms with E-state index >= 15 is 0 Å². The van der Waals surface area contributed by atoms with Crippen molar-refractivity contribution in [3.8, 4) is 0 Å². The molecule has 0 saturated heterocycles. The van der Waals surface area contributed by atoms with Crippen molar-refractivity contribution in [2.45, 2.75) is 12.6 Å². The lowest BCUT2D eigenvalue weighted by Gasteiger charge is -2.18. The van der Waals surface area contributed by atoms with Gasteiger partial charge >= 0.3 is 0 Å². The minimum atomic E-state index is 0.466. The Bertz CT molecular complexity index is 507. The van der Waals surface area contributed by atoms with Crippen LogP contribution >= 0.6 is 0 Å². The van der Waals surface area contributed by atoms with E-state index in [1.165, 1.54) is 22.4 Å². The molecular weight excluding hydrogens is 194 g/mol. The second kappa shape index (κ2) is 2.88. The second-order valence-electron chi connectivity index (χ2n) is 4.50. The number of nitrogens with zero attached hydrogens (tertiary/aromatic N) is 1. The number of benzene rings is 2. The van der Waals surface area contributed by atoms with Crippen LogP contribution < -0.4 is 4.90 Å². The smallest absolute Gasteiger partial charge is 0.0625 e. The second-order valence-corrected chi connectivity index (χ2v) is 4.50. The van der Waals surface area contributed by atoms with Gasteiger partial charge in [0, 0.05) is 18.7 Å². The number of hydrogen-bond acceptors (Lipinski definition) is 1. The quantitative estimate of drug-likeness (QED) is 0.639. The molecule has 0 bridgehead atoms. The SMILES string of the molecule is [CH]1c2ccccc2N2Cc3ccccc3C12. The Morgan fingerprint density at radius 2 is 1.75 bits per heavy atom. The highest BCUT2D eigenvalue weighted by Gasteiger charge is 2.36. The zero-order chi connectivity index (χ0) is 10.5. The third kappa shape index (κ3) is 0.955. The summed E-state index contributed by atoms with van der Waals surface area (Å²) in [5.74, 6) is 0. The highest BCUT2D eigenvalue weighted by molar-refractivity contribution is 5.68. The molecule has 1 heteroatoms. The van der Waals surface area contributed by atoms with Crippen LogP contribution in [-0.2, 0) is 6.54 Å². The predicted octanol–water partition coefficient (Wildman–Crippen LogP) is 3.31. The van der Waals surface area contributed by atoms with Gasteiger partial charge in [0.25, 0.3) is 0 Å². The average molecular weight is 206 g/mol. The first-order valence-electron chi connectivity index (χ1n) is 5.72. The van der Waals surface area contributed by atoms with Gasteiger partial charge in [0.2, 0.25) is 0 Å². The molecule has 2 aliphatic rings. The molecule has 16 heavy (non-hydrogen) atoms. The summed E-state index contributed by atoms with van der Waals surface area (Å²) in [4.78, 5) is 2.49.